The fourth-order valence-electron chi connectivity index (χ4n) is 2.16. The van der Waals surface area contributed by atoms with Crippen LogP contribution >= 0.6 is 0 Å². The van der Waals surface area contributed by atoms with Crippen molar-refractivity contribution in [2.24, 2.45) is 11.7 Å². The second-order valence-electron chi connectivity index (χ2n) is 5.42. The molecule has 1 aliphatic rings. The Balaban J connectivity index is 2.29. The molecule has 0 saturated carbocycles. The van der Waals surface area contributed by atoms with Crippen molar-refractivity contribution < 1.29 is 13.2 Å². The zero-order chi connectivity index (χ0) is 14.5. The monoisotopic (exact) mass is 282 g/mol. The predicted octanol–water partition coefficient (Wildman–Crippen LogP) is 0.303. The minimum atomic E-state index is -4.18. The van der Waals surface area contributed by atoms with Crippen molar-refractivity contribution in [1.82, 2.24) is 14.7 Å². The maximum absolute atomic E-state index is 12.6. The first-order valence-electron chi connectivity index (χ1n) is 6.69. The maximum atomic E-state index is 12.6. The van der Waals surface area contributed by atoms with E-state index in [4.69, 9.17) is 5.73 Å². The molecular weight excluding hydrogens is 257 g/mol. The third kappa shape index (κ3) is 6.07. The lowest BCUT2D eigenvalue weighted by Crippen LogP contribution is -2.51. The molecule has 0 spiro atoms. The number of likely N-dealkylation sites (N-methyl/N-ethyl adjacent to an activating group) is 1. The number of hydrogen-bond acceptors (Lipinski definition) is 4. The highest BCUT2D eigenvalue weighted by molar-refractivity contribution is 4.78. The zero-order valence-electron chi connectivity index (χ0n) is 11.8. The topological polar surface area (TPSA) is 35.7 Å². The molecule has 114 valence electrons. The zero-order valence-corrected chi connectivity index (χ0v) is 11.8. The summed E-state index contributed by atoms with van der Waals surface area (Å²) in [6.07, 6.45) is -4.18. The fraction of sp³-hybridized carbons (Fsp3) is 1.00. The summed E-state index contributed by atoms with van der Waals surface area (Å²) in [5.74, 6) is -1.40. The molecule has 4 nitrogen and oxygen atoms in total. The molecule has 2 N–H and O–H groups in total. The van der Waals surface area contributed by atoms with Crippen LogP contribution in [0.25, 0.3) is 0 Å². The average Bonchev–Trinajstić information content (AvgIpc) is 2.33. The number of nitrogens with two attached hydrogens (primary N) is 1. The summed E-state index contributed by atoms with van der Waals surface area (Å²) >= 11 is 0. The van der Waals surface area contributed by atoms with Crippen LogP contribution in [-0.2, 0) is 0 Å². The molecule has 0 amide bonds. The Hall–Kier alpha value is -0.370. The van der Waals surface area contributed by atoms with Gasteiger partial charge in [0.25, 0.3) is 0 Å². The summed E-state index contributed by atoms with van der Waals surface area (Å²) in [5, 5.41) is 0. The smallest absolute Gasteiger partial charge is 0.330 e. The average molecular weight is 282 g/mol. The third-order valence-corrected chi connectivity index (χ3v) is 3.55. The van der Waals surface area contributed by atoms with Gasteiger partial charge in [-0.2, -0.15) is 13.2 Å². The molecule has 0 aliphatic carbocycles. The summed E-state index contributed by atoms with van der Waals surface area (Å²) in [4.78, 5) is 6.28. The van der Waals surface area contributed by atoms with Crippen molar-refractivity contribution in [3.63, 3.8) is 0 Å². The van der Waals surface area contributed by atoms with Gasteiger partial charge in [-0.1, -0.05) is 0 Å². The molecule has 1 fully saturated rings. The molecule has 1 saturated heterocycles. The van der Waals surface area contributed by atoms with Gasteiger partial charge in [-0.3, -0.25) is 4.90 Å². The molecule has 1 atom stereocenters. The van der Waals surface area contributed by atoms with Gasteiger partial charge in [-0.25, -0.2) is 0 Å². The molecule has 7 heteroatoms. The van der Waals surface area contributed by atoms with E-state index in [9.17, 15) is 13.2 Å². The quantitative estimate of drug-likeness (QED) is 0.760. The highest BCUT2D eigenvalue weighted by atomic mass is 19.4. The van der Waals surface area contributed by atoms with Crippen molar-refractivity contribution in [3.8, 4) is 0 Å². The number of alkyl halides is 3. The van der Waals surface area contributed by atoms with Crippen LogP contribution in [0.4, 0.5) is 13.2 Å². The molecule has 1 rings (SSSR count). The van der Waals surface area contributed by atoms with Gasteiger partial charge in [-0.15, -0.1) is 0 Å². The molecular formula is C12H25F3N4. The van der Waals surface area contributed by atoms with Crippen LogP contribution in [0.15, 0.2) is 0 Å². The summed E-state index contributed by atoms with van der Waals surface area (Å²) < 4.78 is 37.9. The molecule has 1 unspecified atom stereocenters. The lowest BCUT2D eigenvalue weighted by molar-refractivity contribution is -0.177. The van der Waals surface area contributed by atoms with E-state index in [1.165, 1.54) is 0 Å². The lowest BCUT2D eigenvalue weighted by Gasteiger charge is -2.37. The van der Waals surface area contributed by atoms with Gasteiger partial charge in [0.15, 0.2) is 0 Å². The number of rotatable bonds is 6. The first-order chi connectivity index (χ1) is 8.82. The summed E-state index contributed by atoms with van der Waals surface area (Å²) in [5.41, 5.74) is 5.22. The first-order valence-corrected chi connectivity index (χ1v) is 6.69. The molecule has 0 bridgehead atoms. The second-order valence-corrected chi connectivity index (χ2v) is 5.42. The van der Waals surface area contributed by atoms with Gasteiger partial charge in [0.2, 0.25) is 0 Å². The Kier molecular flexibility index (Phi) is 6.52. The highest BCUT2D eigenvalue weighted by Gasteiger charge is 2.39. The Morgan fingerprint density at radius 1 is 1.11 bits per heavy atom. The fourth-order valence-corrected chi connectivity index (χ4v) is 2.16. The van der Waals surface area contributed by atoms with Gasteiger partial charge in [-0.05, 0) is 14.1 Å². The Bertz CT molecular complexity index is 250. The summed E-state index contributed by atoms with van der Waals surface area (Å²) in [6, 6.07) is 0. The van der Waals surface area contributed by atoms with E-state index in [-0.39, 0.29) is 13.1 Å². The van der Waals surface area contributed by atoms with Crippen molar-refractivity contribution >= 4 is 0 Å². The van der Waals surface area contributed by atoms with Gasteiger partial charge < -0.3 is 15.5 Å². The normalized spacial score (nSPS) is 21.0. The second kappa shape index (κ2) is 7.42. The lowest BCUT2D eigenvalue weighted by atomic mass is 10.1. The number of hydrogen-bond donors (Lipinski definition) is 1. The van der Waals surface area contributed by atoms with Gasteiger partial charge in [0, 0.05) is 52.4 Å². The molecule has 0 aromatic heterocycles. The Morgan fingerprint density at radius 3 is 2.05 bits per heavy atom. The minimum absolute atomic E-state index is 0.0293. The van der Waals surface area contributed by atoms with Crippen LogP contribution < -0.4 is 5.73 Å². The molecule has 1 heterocycles. The Morgan fingerprint density at radius 2 is 1.63 bits per heavy atom. The van der Waals surface area contributed by atoms with Crippen LogP contribution in [0, 0.1) is 5.92 Å². The largest absolute Gasteiger partial charge is 0.394 e. The van der Waals surface area contributed by atoms with Crippen LogP contribution in [-0.4, -0.2) is 87.3 Å². The van der Waals surface area contributed by atoms with Crippen LogP contribution in [0.2, 0.25) is 0 Å². The molecule has 1 aliphatic heterocycles. The van der Waals surface area contributed by atoms with E-state index in [1.54, 1.807) is 0 Å². The van der Waals surface area contributed by atoms with E-state index in [0.29, 0.717) is 13.1 Å². The molecule has 0 aromatic carbocycles. The number of piperazine rings is 1. The number of halogens is 3. The molecule has 0 radical (unpaired) electrons. The van der Waals surface area contributed by atoms with E-state index >= 15 is 0 Å². The van der Waals surface area contributed by atoms with Gasteiger partial charge in [0.05, 0.1) is 5.92 Å². The summed E-state index contributed by atoms with van der Waals surface area (Å²) in [7, 11) is 4.04. The van der Waals surface area contributed by atoms with Crippen molar-refractivity contribution in [3.05, 3.63) is 0 Å². The third-order valence-electron chi connectivity index (χ3n) is 3.55. The SMILES string of the molecule is CN(C)CCN1CCN(CC(CN)C(F)(F)F)CC1. The van der Waals surface area contributed by atoms with Gasteiger partial charge >= 0.3 is 6.18 Å². The van der Waals surface area contributed by atoms with Crippen molar-refractivity contribution in [2.45, 2.75) is 6.18 Å². The van der Waals surface area contributed by atoms with Crippen LogP contribution in [0.1, 0.15) is 0 Å². The van der Waals surface area contributed by atoms with E-state index < -0.39 is 12.1 Å². The van der Waals surface area contributed by atoms with Crippen LogP contribution in [0.5, 0.6) is 0 Å². The Labute approximate surface area is 113 Å². The minimum Gasteiger partial charge on any atom is -0.330 e. The first kappa shape index (κ1) is 16.7. The van der Waals surface area contributed by atoms with E-state index in [1.807, 2.05) is 19.0 Å². The summed E-state index contributed by atoms with van der Waals surface area (Å²) in [6.45, 7) is 4.71. The molecule has 19 heavy (non-hydrogen) atoms. The predicted molar refractivity (Wildman–Crippen MR) is 70.0 cm³/mol. The number of nitrogens with zero attached hydrogens (tertiary/aromatic N) is 3. The van der Waals surface area contributed by atoms with E-state index in [0.717, 1.165) is 26.2 Å². The maximum Gasteiger partial charge on any atom is 0.394 e. The standard InChI is InChI=1S/C12H25F3N4/c1-17(2)3-4-18-5-7-19(8-6-18)10-11(9-16)12(13,14)15/h11H,3-10,16H2,1-2H3. The van der Waals surface area contributed by atoms with E-state index in [2.05, 4.69) is 9.80 Å². The highest BCUT2D eigenvalue weighted by Crippen LogP contribution is 2.26. The van der Waals surface area contributed by atoms with Crippen molar-refractivity contribution in [1.29, 1.82) is 0 Å². The van der Waals surface area contributed by atoms with Crippen LogP contribution in [0.3, 0.4) is 0 Å². The molecule has 0 aromatic rings. The van der Waals surface area contributed by atoms with Gasteiger partial charge in [0.1, 0.15) is 0 Å². The van der Waals surface area contributed by atoms with Crippen molar-refractivity contribution in [2.75, 3.05) is 66.5 Å².